The fourth-order valence-electron chi connectivity index (χ4n) is 1.79. The van der Waals surface area contributed by atoms with Gasteiger partial charge in [0.1, 0.15) is 0 Å². The Hall–Kier alpha value is -1.35. The van der Waals surface area contributed by atoms with Gasteiger partial charge in [-0.05, 0) is 45.7 Å². The summed E-state index contributed by atoms with van der Waals surface area (Å²) in [6.07, 6.45) is 0. The SMILES string of the molecule is Cc1ccccc1[C@@H](C)NC(=O)CNC(C)(C)C. The van der Waals surface area contributed by atoms with E-state index in [4.69, 9.17) is 0 Å². The molecule has 1 aromatic rings. The zero-order chi connectivity index (χ0) is 13.8. The molecule has 3 nitrogen and oxygen atoms in total. The number of hydrogen-bond acceptors (Lipinski definition) is 2. The molecule has 1 rings (SSSR count). The molecule has 0 aliphatic heterocycles. The van der Waals surface area contributed by atoms with Crippen LogP contribution >= 0.6 is 0 Å². The van der Waals surface area contributed by atoms with Gasteiger partial charge in [-0.15, -0.1) is 0 Å². The molecule has 1 aromatic carbocycles. The zero-order valence-electron chi connectivity index (χ0n) is 12.0. The van der Waals surface area contributed by atoms with Gasteiger partial charge < -0.3 is 10.6 Å². The normalized spacial score (nSPS) is 13.2. The maximum absolute atomic E-state index is 11.8. The van der Waals surface area contributed by atoms with Crippen LogP contribution in [0.25, 0.3) is 0 Å². The Bertz CT molecular complexity index is 407. The minimum Gasteiger partial charge on any atom is -0.348 e. The minimum atomic E-state index is -0.0385. The van der Waals surface area contributed by atoms with E-state index in [1.807, 2.05) is 39.8 Å². The molecular formula is C15H24N2O. The summed E-state index contributed by atoms with van der Waals surface area (Å²) in [6.45, 7) is 10.6. The van der Waals surface area contributed by atoms with Crippen LogP contribution in [0, 0.1) is 6.92 Å². The summed E-state index contributed by atoms with van der Waals surface area (Å²) in [4.78, 5) is 11.8. The first-order valence-electron chi connectivity index (χ1n) is 6.39. The molecule has 0 saturated carbocycles. The highest BCUT2D eigenvalue weighted by atomic mass is 16.1. The molecule has 0 aliphatic rings. The molecular weight excluding hydrogens is 224 g/mol. The van der Waals surface area contributed by atoms with E-state index in [1.54, 1.807) is 0 Å². The predicted molar refractivity (Wildman–Crippen MR) is 75.5 cm³/mol. The summed E-state index contributed by atoms with van der Waals surface area (Å²) in [5, 5.41) is 6.19. The van der Waals surface area contributed by atoms with E-state index in [0.717, 1.165) is 0 Å². The third-order valence-electron chi connectivity index (χ3n) is 2.81. The summed E-state index contributed by atoms with van der Waals surface area (Å²) in [5.41, 5.74) is 2.33. The molecule has 0 bridgehead atoms. The second-order valence-corrected chi connectivity index (χ2v) is 5.75. The Balaban J connectivity index is 2.53. The van der Waals surface area contributed by atoms with Crippen molar-refractivity contribution in [3.05, 3.63) is 35.4 Å². The van der Waals surface area contributed by atoms with Crippen molar-refractivity contribution < 1.29 is 4.79 Å². The Labute approximate surface area is 110 Å². The van der Waals surface area contributed by atoms with Gasteiger partial charge in [-0.3, -0.25) is 4.79 Å². The van der Waals surface area contributed by atoms with E-state index in [1.165, 1.54) is 11.1 Å². The number of rotatable bonds is 4. The second kappa shape index (κ2) is 6.01. The van der Waals surface area contributed by atoms with Gasteiger partial charge in [0.15, 0.2) is 0 Å². The van der Waals surface area contributed by atoms with Crippen LogP contribution in [0.3, 0.4) is 0 Å². The molecule has 1 atom stereocenters. The highest BCUT2D eigenvalue weighted by molar-refractivity contribution is 5.78. The first kappa shape index (κ1) is 14.7. The summed E-state index contributed by atoms with van der Waals surface area (Å²) in [5.74, 6) is 0.0284. The molecule has 1 amide bonds. The van der Waals surface area contributed by atoms with Crippen LogP contribution in [0.2, 0.25) is 0 Å². The van der Waals surface area contributed by atoms with E-state index in [-0.39, 0.29) is 17.5 Å². The fraction of sp³-hybridized carbons (Fsp3) is 0.533. The van der Waals surface area contributed by atoms with Crippen molar-refractivity contribution in [1.82, 2.24) is 10.6 Å². The zero-order valence-corrected chi connectivity index (χ0v) is 12.0. The van der Waals surface area contributed by atoms with Crippen LogP contribution in [-0.4, -0.2) is 18.0 Å². The van der Waals surface area contributed by atoms with Crippen LogP contribution in [-0.2, 0) is 4.79 Å². The van der Waals surface area contributed by atoms with Crippen molar-refractivity contribution in [3.63, 3.8) is 0 Å². The van der Waals surface area contributed by atoms with Crippen LogP contribution in [0.4, 0.5) is 0 Å². The summed E-state index contributed by atoms with van der Waals surface area (Å²) in [6, 6.07) is 8.16. The number of aryl methyl sites for hydroxylation is 1. The average molecular weight is 248 g/mol. The van der Waals surface area contributed by atoms with Gasteiger partial charge in [0.25, 0.3) is 0 Å². The largest absolute Gasteiger partial charge is 0.348 e. The van der Waals surface area contributed by atoms with Crippen molar-refractivity contribution in [2.24, 2.45) is 0 Å². The quantitative estimate of drug-likeness (QED) is 0.860. The number of hydrogen-bond donors (Lipinski definition) is 2. The van der Waals surface area contributed by atoms with E-state index < -0.39 is 0 Å². The number of carbonyl (C=O) groups is 1. The highest BCUT2D eigenvalue weighted by Gasteiger charge is 2.14. The number of benzene rings is 1. The highest BCUT2D eigenvalue weighted by Crippen LogP contribution is 2.16. The van der Waals surface area contributed by atoms with Crippen molar-refractivity contribution in [2.45, 2.75) is 46.2 Å². The van der Waals surface area contributed by atoms with Crippen molar-refractivity contribution >= 4 is 5.91 Å². The van der Waals surface area contributed by atoms with E-state index in [0.29, 0.717) is 6.54 Å². The lowest BCUT2D eigenvalue weighted by Gasteiger charge is -2.22. The standard InChI is InChI=1S/C15H24N2O/c1-11-8-6-7-9-13(11)12(2)17-14(18)10-16-15(3,4)5/h6-9,12,16H,10H2,1-5H3,(H,17,18)/t12-/m1/s1. The van der Waals surface area contributed by atoms with Gasteiger partial charge in [0, 0.05) is 5.54 Å². The molecule has 2 N–H and O–H groups in total. The van der Waals surface area contributed by atoms with Gasteiger partial charge in [0.05, 0.1) is 12.6 Å². The number of carbonyl (C=O) groups excluding carboxylic acids is 1. The lowest BCUT2D eigenvalue weighted by atomic mass is 10.0. The summed E-state index contributed by atoms with van der Waals surface area (Å²) >= 11 is 0. The van der Waals surface area contributed by atoms with Gasteiger partial charge >= 0.3 is 0 Å². The van der Waals surface area contributed by atoms with Crippen LogP contribution in [0.1, 0.15) is 44.9 Å². The smallest absolute Gasteiger partial charge is 0.234 e. The van der Waals surface area contributed by atoms with Crippen LogP contribution in [0.5, 0.6) is 0 Å². The molecule has 3 heteroatoms. The first-order valence-corrected chi connectivity index (χ1v) is 6.39. The monoisotopic (exact) mass is 248 g/mol. The van der Waals surface area contributed by atoms with Crippen LogP contribution < -0.4 is 10.6 Å². The first-order chi connectivity index (χ1) is 8.29. The Morgan fingerprint density at radius 3 is 2.44 bits per heavy atom. The predicted octanol–water partition coefficient (Wildman–Crippen LogP) is 2.56. The number of nitrogens with one attached hydrogen (secondary N) is 2. The molecule has 0 aliphatic carbocycles. The summed E-state index contributed by atoms with van der Waals surface area (Å²) in [7, 11) is 0. The molecule has 0 fully saturated rings. The average Bonchev–Trinajstić information content (AvgIpc) is 2.26. The van der Waals surface area contributed by atoms with Crippen molar-refractivity contribution in [3.8, 4) is 0 Å². The Morgan fingerprint density at radius 2 is 1.89 bits per heavy atom. The molecule has 0 saturated heterocycles. The van der Waals surface area contributed by atoms with Gasteiger partial charge in [-0.2, -0.15) is 0 Å². The van der Waals surface area contributed by atoms with E-state index in [9.17, 15) is 4.79 Å². The van der Waals surface area contributed by atoms with E-state index >= 15 is 0 Å². The fourth-order valence-corrected chi connectivity index (χ4v) is 1.79. The molecule has 0 spiro atoms. The van der Waals surface area contributed by atoms with Crippen molar-refractivity contribution in [2.75, 3.05) is 6.54 Å². The lowest BCUT2D eigenvalue weighted by molar-refractivity contribution is -0.121. The second-order valence-electron chi connectivity index (χ2n) is 5.75. The topological polar surface area (TPSA) is 41.1 Å². The van der Waals surface area contributed by atoms with Crippen molar-refractivity contribution in [1.29, 1.82) is 0 Å². The maximum atomic E-state index is 11.8. The third-order valence-corrected chi connectivity index (χ3v) is 2.81. The molecule has 0 unspecified atom stereocenters. The van der Waals surface area contributed by atoms with Crippen LogP contribution in [0.15, 0.2) is 24.3 Å². The molecule has 0 heterocycles. The Morgan fingerprint density at radius 1 is 1.28 bits per heavy atom. The maximum Gasteiger partial charge on any atom is 0.234 e. The molecule has 18 heavy (non-hydrogen) atoms. The number of amides is 1. The lowest BCUT2D eigenvalue weighted by Crippen LogP contribution is -2.43. The third kappa shape index (κ3) is 4.88. The molecule has 0 aromatic heterocycles. The van der Waals surface area contributed by atoms with Gasteiger partial charge in [-0.25, -0.2) is 0 Å². The molecule has 100 valence electrons. The van der Waals surface area contributed by atoms with Gasteiger partial charge in [-0.1, -0.05) is 24.3 Å². The Kier molecular flexibility index (Phi) is 4.91. The molecule has 0 radical (unpaired) electrons. The van der Waals surface area contributed by atoms with E-state index in [2.05, 4.69) is 29.7 Å². The minimum absolute atomic E-state index is 0.0284. The van der Waals surface area contributed by atoms with Gasteiger partial charge in [0.2, 0.25) is 5.91 Å². The summed E-state index contributed by atoms with van der Waals surface area (Å²) < 4.78 is 0.